The number of aromatic nitrogens is 3. The van der Waals surface area contributed by atoms with Gasteiger partial charge in [-0.05, 0) is 35.4 Å². The van der Waals surface area contributed by atoms with Crippen LogP contribution in [-0.4, -0.2) is 14.6 Å². The molecule has 0 radical (unpaired) electrons. The van der Waals surface area contributed by atoms with Gasteiger partial charge in [-0.15, -0.1) is 0 Å². The van der Waals surface area contributed by atoms with Gasteiger partial charge in [-0.2, -0.15) is 14.6 Å². The van der Waals surface area contributed by atoms with E-state index in [1.54, 1.807) is 42.5 Å². The lowest BCUT2D eigenvalue weighted by molar-refractivity contribution is 0.811. The van der Waals surface area contributed by atoms with Gasteiger partial charge in [-0.1, -0.05) is 70.4 Å². The van der Waals surface area contributed by atoms with Crippen LogP contribution < -0.4 is 15.7 Å². The Hall–Kier alpha value is -2.25. The first-order valence-corrected chi connectivity index (χ1v) is 10.0. The first-order valence-electron chi connectivity index (χ1n) is 8.05. The van der Waals surface area contributed by atoms with Crippen molar-refractivity contribution in [3.8, 4) is 0 Å². The molecule has 2 aromatic heterocycles. The zero-order chi connectivity index (χ0) is 19.8. The highest BCUT2D eigenvalue weighted by Crippen LogP contribution is 2.22. The Morgan fingerprint density at radius 3 is 2.54 bits per heavy atom. The van der Waals surface area contributed by atoms with Gasteiger partial charge in [0.2, 0.25) is 4.96 Å². The Balaban J connectivity index is 1.82. The molecule has 0 spiro atoms. The SMILES string of the molecule is O=c1nc2sc(=Cc3ccc(Cl)c(Cl)c3)c(=O)n2nc1Cc1ccccc1Cl. The van der Waals surface area contributed by atoms with E-state index in [-0.39, 0.29) is 22.6 Å². The molecular formula is C19H10Cl3N3O2S. The number of halogens is 3. The minimum Gasteiger partial charge on any atom is -0.266 e. The highest BCUT2D eigenvalue weighted by molar-refractivity contribution is 7.15. The van der Waals surface area contributed by atoms with E-state index in [9.17, 15) is 9.59 Å². The number of nitrogens with zero attached hydrogens (tertiary/aromatic N) is 3. The lowest BCUT2D eigenvalue weighted by Crippen LogP contribution is -2.28. The maximum absolute atomic E-state index is 12.7. The number of benzene rings is 2. The van der Waals surface area contributed by atoms with Gasteiger partial charge in [0, 0.05) is 11.4 Å². The van der Waals surface area contributed by atoms with Crippen molar-refractivity contribution in [2.45, 2.75) is 6.42 Å². The van der Waals surface area contributed by atoms with Crippen LogP contribution in [0.25, 0.3) is 11.0 Å². The maximum Gasteiger partial charge on any atom is 0.296 e. The van der Waals surface area contributed by atoms with Crippen LogP contribution in [0.5, 0.6) is 0 Å². The summed E-state index contributed by atoms with van der Waals surface area (Å²) >= 11 is 19.2. The van der Waals surface area contributed by atoms with Gasteiger partial charge in [0.05, 0.1) is 14.6 Å². The molecule has 0 saturated carbocycles. The average molecular weight is 451 g/mol. The number of hydrogen-bond acceptors (Lipinski definition) is 5. The molecule has 0 N–H and O–H groups in total. The normalized spacial score (nSPS) is 12.0. The molecule has 0 bridgehead atoms. The molecule has 9 heteroatoms. The number of hydrogen-bond donors (Lipinski definition) is 0. The second kappa shape index (κ2) is 7.64. The Bertz CT molecular complexity index is 1380. The second-order valence-electron chi connectivity index (χ2n) is 5.92. The van der Waals surface area contributed by atoms with Crippen molar-refractivity contribution in [3.05, 3.63) is 99.6 Å². The van der Waals surface area contributed by atoms with E-state index >= 15 is 0 Å². The van der Waals surface area contributed by atoms with Crippen molar-refractivity contribution < 1.29 is 0 Å². The molecule has 0 aliphatic rings. The smallest absolute Gasteiger partial charge is 0.266 e. The molecule has 28 heavy (non-hydrogen) atoms. The van der Waals surface area contributed by atoms with Gasteiger partial charge in [0.25, 0.3) is 11.1 Å². The van der Waals surface area contributed by atoms with Crippen LogP contribution in [0.3, 0.4) is 0 Å². The molecule has 0 fully saturated rings. The van der Waals surface area contributed by atoms with Crippen molar-refractivity contribution in [1.29, 1.82) is 0 Å². The van der Waals surface area contributed by atoms with Crippen molar-refractivity contribution in [1.82, 2.24) is 14.6 Å². The highest BCUT2D eigenvalue weighted by Gasteiger charge is 2.13. The first-order chi connectivity index (χ1) is 13.4. The van der Waals surface area contributed by atoms with E-state index in [1.165, 1.54) is 0 Å². The summed E-state index contributed by atoms with van der Waals surface area (Å²) in [4.78, 5) is 29.3. The molecular weight excluding hydrogens is 441 g/mol. The summed E-state index contributed by atoms with van der Waals surface area (Å²) in [7, 11) is 0. The van der Waals surface area contributed by atoms with Gasteiger partial charge in [0.1, 0.15) is 5.69 Å². The summed E-state index contributed by atoms with van der Waals surface area (Å²) in [5.74, 6) is 0. The van der Waals surface area contributed by atoms with Gasteiger partial charge < -0.3 is 0 Å². The van der Waals surface area contributed by atoms with Crippen LogP contribution in [0.1, 0.15) is 16.8 Å². The Kier molecular flexibility index (Phi) is 5.21. The summed E-state index contributed by atoms with van der Waals surface area (Å²) in [5.41, 5.74) is 0.751. The molecule has 0 saturated heterocycles. The molecule has 2 heterocycles. The summed E-state index contributed by atoms with van der Waals surface area (Å²) < 4.78 is 1.52. The molecule has 0 unspecified atom stereocenters. The molecule has 0 aliphatic carbocycles. The monoisotopic (exact) mass is 449 g/mol. The fourth-order valence-corrected chi connectivity index (χ4v) is 4.04. The summed E-state index contributed by atoms with van der Waals surface area (Å²) in [6.45, 7) is 0. The van der Waals surface area contributed by atoms with Crippen LogP contribution >= 0.6 is 46.1 Å². The number of thiazole rings is 1. The molecule has 5 nitrogen and oxygen atoms in total. The summed E-state index contributed by atoms with van der Waals surface area (Å²) in [6.07, 6.45) is 1.85. The fourth-order valence-electron chi connectivity index (χ4n) is 2.63. The Morgan fingerprint density at radius 1 is 1.00 bits per heavy atom. The predicted octanol–water partition coefficient (Wildman–Crippen LogP) is 3.61. The molecule has 140 valence electrons. The first kappa shape index (κ1) is 19.1. The van der Waals surface area contributed by atoms with Crippen molar-refractivity contribution in [3.63, 3.8) is 0 Å². The van der Waals surface area contributed by atoms with Gasteiger partial charge in [0.15, 0.2) is 0 Å². The third kappa shape index (κ3) is 3.69. The van der Waals surface area contributed by atoms with Crippen molar-refractivity contribution in [2.75, 3.05) is 0 Å². The van der Waals surface area contributed by atoms with Crippen LogP contribution in [-0.2, 0) is 6.42 Å². The molecule has 4 rings (SSSR count). The van der Waals surface area contributed by atoms with Crippen LogP contribution in [0, 0.1) is 0 Å². The molecule has 4 aromatic rings. The lowest BCUT2D eigenvalue weighted by Gasteiger charge is -2.02. The summed E-state index contributed by atoms with van der Waals surface area (Å²) in [5, 5.41) is 5.55. The van der Waals surface area contributed by atoms with E-state index in [2.05, 4.69) is 10.1 Å². The van der Waals surface area contributed by atoms with Crippen LogP contribution in [0.2, 0.25) is 15.1 Å². The minimum atomic E-state index is -0.484. The number of rotatable bonds is 3. The maximum atomic E-state index is 12.7. The largest absolute Gasteiger partial charge is 0.296 e. The van der Waals surface area contributed by atoms with Gasteiger partial charge in [-0.25, -0.2) is 0 Å². The van der Waals surface area contributed by atoms with E-state index < -0.39 is 5.56 Å². The number of fused-ring (bicyclic) bond motifs is 1. The molecule has 0 aliphatic heterocycles. The van der Waals surface area contributed by atoms with E-state index in [4.69, 9.17) is 34.8 Å². The van der Waals surface area contributed by atoms with Crippen LogP contribution in [0.4, 0.5) is 0 Å². The quantitative estimate of drug-likeness (QED) is 0.478. The minimum absolute atomic E-state index is 0.154. The second-order valence-corrected chi connectivity index (χ2v) is 8.15. The van der Waals surface area contributed by atoms with E-state index in [0.717, 1.165) is 21.4 Å². The third-order valence-corrected chi connectivity index (χ3v) is 6.07. The third-order valence-electron chi connectivity index (χ3n) is 4.01. The standard InChI is InChI=1S/C19H10Cl3N3O2S/c20-12-4-2-1-3-11(12)9-15-17(26)23-19-25(24-15)18(27)16(28-19)8-10-5-6-13(21)14(22)7-10/h1-8H,9H2. The Labute approximate surface area is 177 Å². The van der Waals surface area contributed by atoms with Crippen LogP contribution in [0.15, 0.2) is 52.1 Å². The van der Waals surface area contributed by atoms with E-state index in [1.807, 2.05) is 6.07 Å². The summed E-state index contributed by atoms with van der Waals surface area (Å²) in [6, 6.07) is 12.2. The van der Waals surface area contributed by atoms with Crippen molar-refractivity contribution in [2.24, 2.45) is 0 Å². The fraction of sp³-hybridized carbons (Fsp3) is 0.0526. The predicted molar refractivity (Wildman–Crippen MR) is 113 cm³/mol. The molecule has 0 atom stereocenters. The van der Waals surface area contributed by atoms with E-state index in [0.29, 0.717) is 25.2 Å². The molecule has 0 amide bonds. The lowest BCUT2D eigenvalue weighted by atomic mass is 10.1. The zero-order valence-electron chi connectivity index (χ0n) is 14.0. The Morgan fingerprint density at radius 2 is 1.79 bits per heavy atom. The zero-order valence-corrected chi connectivity index (χ0v) is 17.1. The molecule has 2 aromatic carbocycles. The average Bonchev–Trinajstić information content (AvgIpc) is 2.95. The van der Waals surface area contributed by atoms with Gasteiger partial charge in [-0.3, -0.25) is 9.59 Å². The highest BCUT2D eigenvalue weighted by atomic mass is 35.5. The topological polar surface area (TPSA) is 64.3 Å². The van der Waals surface area contributed by atoms with Crippen molar-refractivity contribution >= 4 is 57.2 Å². The van der Waals surface area contributed by atoms with Gasteiger partial charge >= 0.3 is 0 Å².